The van der Waals surface area contributed by atoms with Crippen molar-refractivity contribution in [3.8, 4) is 0 Å². The number of hydrogen-bond donors (Lipinski definition) is 0. The van der Waals surface area contributed by atoms with E-state index >= 15 is 0 Å². The molecule has 0 unspecified atom stereocenters. The number of para-hydroxylation sites is 1. The summed E-state index contributed by atoms with van der Waals surface area (Å²) >= 11 is 0. The van der Waals surface area contributed by atoms with Crippen LogP contribution in [-0.4, -0.2) is 0 Å². The van der Waals surface area contributed by atoms with E-state index < -0.39 is 11.3 Å². The third-order valence-corrected chi connectivity index (χ3v) is 3.37. The zero-order valence-corrected chi connectivity index (χ0v) is 10.6. The second-order valence-electron chi connectivity index (χ2n) is 4.44. The Labute approximate surface area is 108 Å². The Hall–Kier alpha value is -2.36. The molecule has 0 aliphatic heterocycles. The summed E-state index contributed by atoms with van der Waals surface area (Å²) in [6, 6.07) is 7.04. The van der Waals surface area contributed by atoms with Gasteiger partial charge in [-0.15, -0.1) is 0 Å². The molecule has 0 aliphatic rings. The molecule has 4 nitrogen and oxygen atoms in total. The van der Waals surface area contributed by atoms with E-state index in [-0.39, 0.29) is 0 Å². The first-order valence-electron chi connectivity index (χ1n) is 6.11. The molecule has 2 heterocycles. The average Bonchev–Trinajstić information content (AvgIpc) is 2.41. The zero-order chi connectivity index (χ0) is 13.6. The van der Waals surface area contributed by atoms with E-state index in [1.807, 2.05) is 13.0 Å². The van der Waals surface area contributed by atoms with Crippen LogP contribution in [0.4, 0.5) is 0 Å². The molecule has 3 aromatic rings. The van der Waals surface area contributed by atoms with E-state index in [4.69, 9.17) is 8.83 Å². The van der Waals surface area contributed by atoms with Gasteiger partial charge in [-0.1, -0.05) is 19.1 Å². The van der Waals surface area contributed by atoms with Gasteiger partial charge in [0.05, 0.1) is 5.39 Å². The Bertz CT molecular complexity index is 900. The zero-order valence-electron chi connectivity index (χ0n) is 10.6. The van der Waals surface area contributed by atoms with E-state index in [0.717, 1.165) is 0 Å². The van der Waals surface area contributed by atoms with Crippen LogP contribution in [-0.2, 0) is 6.42 Å². The molecule has 0 bridgehead atoms. The molecule has 0 saturated heterocycles. The molecule has 0 amide bonds. The minimum atomic E-state index is -0.461. The van der Waals surface area contributed by atoms with Crippen LogP contribution in [0.3, 0.4) is 0 Å². The van der Waals surface area contributed by atoms with Gasteiger partial charge >= 0.3 is 11.3 Å². The van der Waals surface area contributed by atoms with Gasteiger partial charge in [-0.2, -0.15) is 0 Å². The Morgan fingerprint density at radius 2 is 1.79 bits per heavy atom. The van der Waals surface area contributed by atoms with Crippen LogP contribution in [0.15, 0.2) is 42.7 Å². The molecule has 0 atom stereocenters. The number of fused-ring (bicyclic) bond motifs is 3. The second kappa shape index (κ2) is 4.09. The summed E-state index contributed by atoms with van der Waals surface area (Å²) in [6.07, 6.45) is 0.580. The molecule has 3 rings (SSSR count). The summed E-state index contributed by atoms with van der Waals surface area (Å²) in [6.45, 7) is 3.56. The van der Waals surface area contributed by atoms with Crippen LogP contribution in [0.2, 0.25) is 0 Å². The van der Waals surface area contributed by atoms with Gasteiger partial charge in [0, 0.05) is 5.56 Å². The molecule has 0 N–H and O–H groups in total. The van der Waals surface area contributed by atoms with Crippen LogP contribution in [0, 0.1) is 6.92 Å². The van der Waals surface area contributed by atoms with Gasteiger partial charge in [-0.3, -0.25) is 0 Å². The predicted molar refractivity (Wildman–Crippen MR) is 72.6 cm³/mol. The number of hydrogen-bond acceptors (Lipinski definition) is 4. The Balaban J connectivity index is 2.71. The topological polar surface area (TPSA) is 60.4 Å². The van der Waals surface area contributed by atoms with Gasteiger partial charge in [0.15, 0.2) is 5.58 Å². The second-order valence-corrected chi connectivity index (χ2v) is 4.44. The quantitative estimate of drug-likeness (QED) is 0.496. The first-order valence-corrected chi connectivity index (χ1v) is 6.11. The maximum Gasteiger partial charge on any atom is 0.347 e. The maximum absolute atomic E-state index is 12.1. The average molecular weight is 256 g/mol. The third kappa shape index (κ3) is 1.60. The molecule has 19 heavy (non-hydrogen) atoms. The van der Waals surface area contributed by atoms with E-state index in [1.54, 1.807) is 25.1 Å². The van der Waals surface area contributed by atoms with Crippen LogP contribution >= 0.6 is 0 Å². The smallest absolute Gasteiger partial charge is 0.347 e. The highest BCUT2D eigenvalue weighted by Gasteiger charge is 2.16. The molecule has 1 aromatic carbocycles. The fourth-order valence-electron chi connectivity index (χ4n) is 2.41. The summed E-state index contributed by atoms with van der Waals surface area (Å²) in [4.78, 5) is 24.0. The van der Waals surface area contributed by atoms with Crippen molar-refractivity contribution in [3.05, 3.63) is 56.2 Å². The van der Waals surface area contributed by atoms with Gasteiger partial charge in [-0.25, -0.2) is 9.59 Å². The van der Waals surface area contributed by atoms with Crippen molar-refractivity contribution in [2.75, 3.05) is 0 Å². The standard InChI is InChI=1S/C15H12O4/c1-3-9-8(2)14(16)19-13-10-6-4-5-7-11(10)18-15(17)12(9)13/h4-7H,3H2,1-2H3. The molecule has 0 fully saturated rings. The minimum absolute atomic E-state index is 0.319. The summed E-state index contributed by atoms with van der Waals surface area (Å²) in [5.74, 6) is 0. The van der Waals surface area contributed by atoms with Gasteiger partial charge in [0.25, 0.3) is 0 Å². The number of aryl methyl sites for hydroxylation is 1. The van der Waals surface area contributed by atoms with E-state index in [2.05, 4.69) is 0 Å². The molecule has 2 aromatic heterocycles. The van der Waals surface area contributed by atoms with Crippen molar-refractivity contribution in [2.45, 2.75) is 20.3 Å². The van der Waals surface area contributed by atoms with Crippen molar-refractivity contribution in [1.82, 2.24) is 0 Å². The monoisotopic (exact) mass is 256 g/mol. The van der Waals surface area contributed by atoms with Gasteiger partial charge in [-0.05, 0) is 31.0 Å². The predicted octanol–water partition coefficient (Wildman–Crippen LogP) is 2.77. The molecular formula is C15H12O4. The van der Waals surface area contributed by atoms with Gasteiger partial charge < -0.3 is 8.83 Å². The largest absolute Gasteiger partial charge is 0.422 e. The van der Waals surface area contributed by atoms with E-state index in [9.17, 15) is 9.59 Å². The molecular weight excluding hydrogens is 244 g/mol. The van der Waals surface area contributed by atoms with Crippen LogP contribution < -0.4 is 11.3 Å². The molecule has 96 valence electrons. The molecule has 0 saturated carbocycles. The Morgan fingerprint density at radius 3 is 2.53 bits per heavy atom. The fourth-order valence-corrected chi connectivity index (χ4v) is 2.41. The molecule has 0 spiro atoms. The number of rotatable bonds is 1. The Morgan fingerprint density at radius 1 is 1.05 bits per heavy atom. The van der Waals surface area contributed by atoms with Crippen LogP contribution in [0.1, 0.15) is 18.1 Å². The van der Waals surface area contributed by atoms with E-state index in [0.29, 0.717) is 39.5 Å². The SMILES string of the molecule is CCc1c(C)c(=O)oc2c1c(=O)oc1ccccc12. The summed E-state index contributed by atoms with van der Waals surface area (Å²) in [7, 11) is 0. The maximum atomic E-state index is 12.1. The molecule has 0 aliphatic carbocycles. The van der Waals surface area contributed by atoms with Crippen molar-refractivity contribution < 1.29 is 8.83 Å². The fraction of sp³-hybridized carbons (Fsp3) is 0.200. The molecule has 4 heteroatoms. The Kier molecular flexibility index (Phi) is 2.52. The number of benzene rings is 1. The summed E-state index contributed by atoms with van der Waals surface area (Å²) in [5, 5.41) is 1.02. The summed E-state index contributed by atoms with van der Waals surface area (Å²) < 4.78 is 10.6. The normalized spacial score (nSPS) is 11.3. The lowest BCUT2D eigenvalue weighted by atomic mass is 10.0. The van der Waals surface area contributed by atoms with Crippen molar-refractivity contribution in [1.29, 1.82) is 0 Å². The highest BCUT2D eigenvalue weighted by atomic mass is 16.4. The summed E-state index contributed by atoms with van der Waals surface area (Å²) in [5.41, 5.74) is 1.05. The highest BCUT2D eigenvalue weighted by Crippen LogP contribution is 2.25. The van der Waals surface area contributed by atoms with Gasteiger partial charge in [0.2, 0.25) is 0 Å². The molecule has 0 radical (unpaired) electrons. The highest BCUT2D eigenvalue weighted by molar-refractivity contribution is 6.01. The lowest BCUT2D eigenvalue weighted by molar-refractivity contribution is 0.536. The third-order valence-electron chi connectivity index (χ3n) is 3.37. The lowest BCUT2D eigenvalue weighted by Gasteiger charge is -2.07. The lowest BCUT2D eigenvalue weighted by Crippen LogP contribution is -2.12. The first-order chi connectivity index (χ1) is 9.13. The van der Waals surface area contributed by atoms with Crippen LogP contribution in [0.25, 0.3) is 21.9 Å². The van der Waals surface area contributed by atoms with Crippen molar-refractivity contribution in [3.63, 3.8) is 0 Å². The van der Waals surface area contributed by atoms with E-state index in [1.165, 1.54) is 0 Å². The van der Waals surface area contributed by atoms with Gasteiger partial charge in [0.1, 0.15) is 11.0 Å². The van der Waals surface area contributed by atoms with Crippen molar-refractivity contribution >= 4 is 21.9 Å². The van der Waals surface area contributed by atoms with Crippen molar-refractivity contribution in [2.24, 2.45) is 0 Å². The minimum Gasteiger partial charge on any atom is -0.422 e. The van der Waals surface area contributed by atoms with Crippen LogP contribution in [0.5, 0.6) is 0 Å². The first kappa shape index (κ1) is 11.7.